The van der Waals surface area contributed by atoms with Crippen molar-refractivity contribution in [3.05, 3.63) is 0 Å². The van der Waals surface area contributed by atoms with Crippen LogP contribution in [0.2, 0.25) is 0 Å². The Balaban J connectivity index is 2.70. The van der Waals surface area contributed by atoms with Crippen molar-refractivity contribution < 1.29 is 24.2 Å². The lowest BCUT2D eigenvalue weighted by Crippen LogP contribution is -2.43. The number of nitrogens with zero attached hydrogens (tertiary/aromatic N) is 2. The second-order valence-corrected chi connectivity index (χ2v) is 20.1. The number of hydrogen-bond acceptors (Lipinski definition) is 7. The normalized spacial score (nSPS) is 13.9. The van der Waals surface area contributed by atoms with Crippen LogP contribution >= 0.6 is 0 Å². The molecule has 1 atom stereocenters. The largest absolute Gasteiger partial charge is 0.395 e. The Labute approximate surface area is 397 Å². The van der Waals surface area contributed by atoms with Crippen LogP contribution in [0.5, 0.6) is 0 Å². The zero-order valence-corrected chi connectivity index (χ0v) is 43.4. The summed E-state index contributed by atoms with van der Waals surface area (Å²) in [6.07, 6.45) is 41.7. The van der Waals surface area contributed by atoms with E-state index in [9.17, 15) is 14.7 Å². The van der Waals surface area contributed by atoms with E-state index in [0.29, 0.717) is 57.1 Å². The SMILES string of the molecule is CCCCCCCCC(CCCCCCCC)CNC(=O)CCOCC(CN(C)CCN(CCO)C1CCCC1)OCCC(=O)NCC(CCCCCCCC)CCCCCCCC. The number of hydrogen-bond donors (Lipinski definition) is 3. The highest BCUT2D eigenvalue weighted by molar-refractivity contribution is 5.76. The van der Waals surface area contributed by atoms with E-state index in [1.165, 1.54) is 205 Å². The molecule has 0 saturated heterocycles. The van der Waals surface area contributed by atoms with Crippen molar-refractivity contribution in [3.63, 3.8) is 0 Å². The fourth-order valence-electron chi connectivity index (χ4n) is 9.71. The molecule has 1 saturated carbocycles. The Hall–Kier alpha value is -1.26. The topological polar surface area (TPSA) is 103 Å². The number of aliphatic hydroxyl groups is 1. The molecule has 9 heteroatoms. The lowest BCUT2D eigenvalue weighted by molar-refractivity contribution is -0.125. The molecule has 0 bridgehead atoms. The highest BCUT2D eigenvalue weighted by atomic mass is 16.5. The second-order valence-electron chi connectivity index (χ2n) is 20.1. The maximum Gasteiger partial charge on any atom is 0.222 e. The fraction of sp³-hybridized carbons (Fsp3) is 0.964. The molecule has 0 heterocycles. The Bertz CT molecular complexity index is 981. The van der Waals surface area contributed by atoms with Crippen LogP contribution in [-0.2, 0) is 19.1 Å². The molecule has 0 aliphatic heterocycles. The number of rotatable bonds is 49. The fourth-order valence-corrected chi connectivity index (χ4v) is 9.71. The van der Waals surface area contributed by atoms with Gasteiger partial charge in [0.1, 0.15) is 0 Å². The Morgan fingerprint density at radius 1 is 0.562 bits per heavy atom. The molecule has 1 aliphatic carbocycles. The van der Waals surface area contributed by atoms with E-state index in [1.807, 2.05) is 0 Å². The first-order valence-electron chi connectivity index (χ1n) is 28.1. The second kappa shape index (κ2) is 45.5. The summed E-state index contributed by atoms with van der Waals surface area (Å²) < 4.78 is 12.6. The molecule has 1 unspecified atom stereocenters. The van der Waals surface area contributed by atoms with Crippen molar-refractivity contribution in [3.8, 4) is 0 Å². The number of carbonyl (C=O) groups is 2. The minimum absolute atomic E-state index is 0.0723. The summed E-state index contributed by atoms with van der Waals surface area (Å²) >= 11 is 0. The predicted molar refractivity (Wildman–Crippen MR) is 273 cm³/mol. The van der Waals surface area contributed by atoms with Gasteiger partial charge in [-0.3, -0.25) is 14.5 Å². The molecule has 3 N–H and O–H groups in total. The standard InChI is InChI=1S/C55H110N4O5/c1-6-10-14-18-22-26-32-50(33-27-23-19-15-11-7-2)46-56-54(61)38-44-63-49-53(48-58(5)40-41-59(42-43-60)52-36-30-31-37-52)64-45-39-55(62)57-47-51(34-28-24-20-16-12-8-3)35-29-25-21-17-13-9-4/h50-53,60H,6-49H2,1-5H3,(H,56,61)(H,57,62). The van der Waals surface area contributed by atoms with Crippen molar-refractivity contribution in [1.29, 1.82) is 0 Å². The molecule has 64 heavy (non-hydrogen) atoms. The first-order valence-corrected chi connectivity index (χ1v) is 28.1. The highest BCUT2D eigenvalue weighted by Gasteiger charge is 2.23. The van der Waals surface area contributed by atoms with E-state index in [1.54, 1.807) is 0 Å². The summed E-state index contributed by atoms with van der Waals surface area (Å²) in [6, 6.07) is 0.568. The van der Waals surface area contributed by atoms with Crippen molar-refractivity contribution >= 4 is 11.8 Å². The van der Waals surface area contributed by atoms with Crippen LogP contribution in [0, 0.1) is 11.8 Å². The maximum atomic E-state index is 13.2. The van der Waals surface area contributed by atoms with Gasteiger partial charge >= 0.3 is 0 Å². The molecule has 380 valence electrons. The molecule has 1 fully saturated rings. The minimum Gasteiger partial charge on any atom is -0.395 e. The van der Waals surface area contributed by atoms with Gasteiger partial charge in [-0.25, -0.2) is 0 Å². The van der Waals surface area contributed by atoms with Crippen molar-refractivity contribution in [2.45, 2.75) is 258 Å². The maximum absolute atomic E-state index is 13.2. The van der Waals surface area contributed by atoms with Gasteiger partial charge in [0, 0.05) is 58.2 Å². The number of aliphatic hydroxyl groups excluding tert-OH is 1. The van der Waals surface area contributed by atoms with E-state index in [-0.39, 0.29) is 24.5 Å². The lowest BCUT2D eigenvalue weighted by Gasteiger charge is -2.31. The number of likely N-dealkylation sites (N-methyl/N-ethyl adjacent to an activating group) is 1. The molecule has 1 aliphatic rings. The van der Waals surface area contributed by atoms with Gasteiger partial charge in [-0.2, -0.15) is 0 Å². The zero-order valence-electron chi connectivity index (χ0n) is 43.4. The smallest absolute Gasteiger partial charge is 0.222 e. The van der Waals surface area contributed by atoms with Gasteiger partial charge in [0.25, 0.3) is 0 Å². The molecule has 0 aromatic rings. The number of carbonyl (C=O) groups excluding carboxylic acids is 2. The van der Waals surface area contributed by atoms with Crippen molar-refractivity contribution in [2.75, 3.05) is 72.7 Å². The van der Waals surface area contributed by atoms with Crippen LogP contribution in [0.1, 0.15) is 246 Å². The average Bonchev–Trinajstić information content (AvgIpc) is 3.84. The van der Waals surface area contributed by atoms with E-state index < -0.39 is 0 Å². The van der Waals surface area contributed by atoms with Crippen molar-refractivity contribution in [1.82, 2.24) is 20.4 Å². The van der Waals surface area contributed by atoms with Gasteiger partial charge in [-0.05, 0) is 57.4 Å². The Morgan fingerprint density at radius 2 is 0.969 bits per heavy atom. The number of nitrogens with one attached hydrogen (secondary N) is 2. The first kappa shape index (κ1) is 60.8. The van der Waals surface area contributed by atoms with E-state index in [0.717, 1.165) is 32.7 Å². The van der Waals surface area contributed by atoms with Gasteiger partial charge < -0.3 is 30.1 Å². The van der Waals surface area contributed by atoms with Gasteiger partial charge in [0.05, 0.1) is 32.5 Å². The molecule has 0 radical (unpaired) electrons. The third-order valence-corrected chi connectivity index (χ3v) is 14.0. The van der Waals surface area contributed by atoms with Gasteiger partial charge in [0.15, 0.2) is 0 Å². The third-order valence-electron chi connectivity index (χ3n) is 14.0. The molecule has 0 spiro atoms. The predicted octanol–water partition coefficient (Wildman–Crippen LogP) is 12.8. The molecular weight excluding hydrogens is 797 g/mol. The summed E-state index contributed by atoms with van der Waals surface area (Å²) in [7, 11) is 2.13. The molecule has 0 aromatic heterocycles. The quantitative estimate of drug-likeness (QED) is 0.0523. The van der Waals surface area contributed by atoms with Gasteiger partial charge in [-0.15, -0.1) is 0 Å². The van der Waals surface area contributed by atoms with Crippen LogP contribution in [0.15, 0.2) is 0 Å². The molecule has 9 nitrogen and oxygen atoms in total. The van der Waals surface area contributed by atoms with E-state index in [2.05, 4.69) is 55.2 Å². The van der Waals surface area contributed by atoms with Crippen LogP contribution in [0.25, 0.3) is 0 Å². The molecule has 2 amide bonds. The van der Waals surface area contributed by atoms with Gasteiger partial charge in [-0.1, -0.05) is 195 Å². The van der Waals surface area contributed by atoms with Crippen LogP contribution in [0.4, 0.5) is 0 Å². The average molecular weight is 908 g/mol. The summed E-state index contributed by atoms with van der Waals surface area (Å²) in [5, 5.41) is 16.3. The summed E-state index contributed by atoms with van der Waals surface area (Å²) in [5.74, 6) is 1.25. The monoisotopic (exact) mass is 907 g/mol. The Kier molecular flexibility index (Phi) is 43.2. The summed E-state index contributed by atoms with van der Waals surface area (Å²) in [4.78, 5) is 31.0. The summed E-state index contributed by atoms with van der Waals surface area (Å²) in [5.41, 5.74) is 0. The van der Waals surface area contributed by atoms with E-state index >= 15 is 0 Å². The lowest BCUT2D eigenvalue weighted by atomic mass is 9.94. The number of unbranched alkanes of at least 4 members (excludes halogenated alkanes) is 20. The number of amides is 2. The highest BCUT2D eigenvalue weighted by Crippen LogP contribution is 2.24. The number of ether oxygens (including phenoxy) is 2. The van der Waals surface area contributed by atoms with Crippen LogP contribution < -0.4 is 10.6 Å². The van der Waals surface area contributed by atoms with Crippen molar-refractivity contribution in [2.24, 2.45) is 11.8 Å². The Morgan fingerprint density at radius 3 is 1.39 bits per heavy atom. The molecular formula is C55H110N4O5. The van der Waals surface area contributed by atoms with Crippen LogP contribution in [-0.4, -0.2) is 112 Å². The zero-order chi connectivity index (χ0) is 46.6. The first-order chi connectivity index (χ1) is 31.4. The van der Waals surface area contributed by atoms with Crippen LogP contribution in [0.3, 0.4) is 0 Å². The molecule has 1 rings (SSSR count). The van der Waals surface area contributed by atoms with E-state index in [4.69, 9.17) is 9.47 Å². The summed E-state index contributed by atoms with van der Waals surface area (Å²) in [6.45, 7) is 15.1. The molecule has 0 aromatic carbocycles. The third kappa shape index (κ3) is 36.8. The van der Waals surface area contributed by atoms with Gasteiger partial charge in [0.2, 0.25) is 11.8 Å². The minimum atomic E-state index is -0.203.